The van der Waals surface area contributed by atoms with Gasteiger partial charge in [0.15, 0.2) is 0 Å². The summed E-state index contributed by atoms with van der Waals surface area (Å²) in [6.45, 7) is 4.99. The molecule has 5 aromatic rings. The van der Waals surface area contributed by atoms with E-state index in [4.69, 9.17) is 4.74 Å². The fourth-order valence-electron chi connectivity index (χ4n) is 4.49. The Morgan fingerprint density at radius 1 is 0.649 bits per heavy atom. The number of hydrogen-bond acceptors (Lipinski definition) is 1. The molecule has 0 aliphatic rings. The predicted octanol–water partition coefficient (Wildman–Crippen LogP) is 7.14. The number of hydrogen-bond donors (Lipinski definition) is 0. The van der Waals surface area contributed by atoms with Crippen LogP contribution in [-0.4, -0.2) is 0 Å². The van der Waals surface area contributed by atoms with Gasteiger partial charge in [0.05, 0.1) is 0 Å². The highest BCUT2D eigenvalue weighted by molar-refractivity contribution is 7.72. The monoisotopic (exact) mass is 518 g/mol. The van der Waals surface area contributed by atoms with Crippen molar-refractivity contribution in [2.75, 3.05) is 0 Å². The zero-order valence-electron chi connectivity index (χ0n) is 21.4. The summed E-state index contributed by atoms with van der Waals surface area (Å²) in [7, 11) is 0.0293. The lowest BCUT2D eigenvalue weighted by molar-refractivity contribution is 0.309. The standard InChI is InChI=1S/C34H32OP2/c1-26-21-22-32(35-24-28-14-6-3-7-15-28)33(23-26)36-34-27(2)13-12-16-29(34)25-37(30-17-8-4-9-18-30)31-19-10-5-11-20-31/h3-23,36H,24-25H2,1-2H3. The molecular formula is C34H32OP2. The predicted molar refractivity (Wildman–Crippen MR) is 163 cm³/mol. The molecule has 0 aromatic heterocycles. The molecular weight excluding hydrogens is 486 g/mol. The normalized spacial score (nSPS) is 11.3. The average molecular weight is 519 g/mol. The van der Waals surface area contributed by atoms with E-state index >= 15 is 0 Å². The quantitative estimate of drug-likeness (QED) is 0.188. The third-order valence-electron chi connectivity index (χ3n) is 6.46. The van der Waals surface area contributed by atoms with E-state index in [1.165, 1.54) is 43.5 Å². The van der Waals surface area contributed by atoms with E-state index in [1.807, 2.05) is 6.07 Å². The van der Waals surface area contributed by atoms with Crippen molar-refractivity contribution >= 4 is 37.7 Å². The van der Waals surface area contributed by atoms with Crippen LogP contribution in [0, 0.1) is 13.8 Å². The van der Waals surface area contributed by atoms with E-state index in [0.29, 0.717) is 15.2 Å². The van der Waals surface area contributed by atoms with Crippen LogP contribution in [0.15, 0.2) is 127 Å². The smallest absolute Gasteiger partial charge is 0.127 e. The second-order valence-corrected chi connectivity index (χ2v) is 12.8. The van der Waals surface area contributed by atoms with Crippen LogP contribution in [0.4, 0.5) is 0 Å². The van der Waals surface area contributed by atoms with Gasteiger partial charge in [-0.25, -0.2) is 0 Å². The molecule has 0 amide bonds. The van der Waals surface area contributed by atoms with Crippen LogP contribution >= 0.6 is 16.5 Å². The Hall–Kier alpha value is -3.24. The molecule has 0 saturated heterocycles. The first-order chi connectivity index (χ1) is 18.2. The van der Waals surface area contributed by atoms with Crippen LogP contribution in [-0.2, 0) is 12.8 Å². The molecule has 0 spiro atoms. The van der Waals surface area contributed by atoms with Gasteiger partial charge in [0, 0.05) is 11.5 Å². The third-order valence-corrected chi connectivity index (χ3v) is 10.6. The number of rotatable bonds is 9. The average Bonchev–Trinajstić information content (AvgIpc) is 2.94. The van der Waals surface area contributed by atoms with E-state index < -0.39 is 7.92 Å². The van der Waals surface area contributed by atoms with Gasteiger partial charge in [-0.2, -0.15) is 0 Å². The van der Waals surface area contributed by atoms with E-state index in [9.17, 15) is 0 Å². The third kappa shape index (κ3) is 6.56. The summed E-state index contributed by atoms with van der Waals surface area (Å²) in [5, 5.41) is 5.55. The number of aryl methyl sites for hydroxylation is 2. The van der Waals surface area contributed by atoms with E-state index in [0.717, 1.165) is 11.9 Å². The van der Waals surface area contributed by atoms with Crippen molar-refractivity contribution in [3.05, 3.63) is 150 Å². The highest BCUT2D eigenvalue weighted by Gasteiger charge is 2.18. The van der Waals surface area contributed by atoms with E-state index in [1.54, 1.807) is 0 Å². The lowest BCUT2D eigenvalue weighted by atomic mass is 10.1. The lowest BCUT2D eigenvalue weighted by Gasteiger charge is -2.22. The fraction of sp³-hybridized carbons (Fsp3) is 0.118. The summed E-state index contributed by atoms with van der Waals surface area (Å²) in [6.07, 6.45) is 1.03. The van der Waals surface area contributed by atoms with Crippen LogP contribution in [0.1, 0.15) is 22.3 Å². The Labute approximate surface area is 224 Å². The molecule has 0 bridgehead atoms. The number of ether oxygens (including phenoxy) is 1. The molecule has 0 fully saturated rings. The second-order valence-electron chi connectivity index (χ2n) is 9.27. The van der Waals surface area contributed by atoms with Gasteiger partial charge in [-0.3, -0.25) is 0 Å². The van der Waals surface area contributed by atoms with Crippen LogP contribution < -0.4 is 26.0 Å². The number of benzene rings is 5. The molecule has 0 N–H and O–H groups in total. The minimum absolute atomic E-state index is 0.508. The Morgan fingerprint density at radius 2 is 1.27 bits per heavy atom. The molecule has 5 rings (SSSR count). The van der Waals surface area contributed by atoms with Crippen LogP contribution in [0.5, 0.6) is 5.75 Å². The van der Waals surface area contributed by atoms with E-state index in [-0.39, 0.29) is 0 Å². The summed E-state index contributed by atoms with van der Waals surface area (Å²) in [5.74, 6) is 0.982. The molecule has 0 saturated carbocycles. The van der Waals surface area contributed by atoms with Gasteiger partial charge in [0.25, 0.3) is 0 Å². The molecule has 37 heavy (non-hydrogen) atoms. The maximum atomic E-state index is 6.36. The van der Waals surface area contributed by atoms with Gasteiger partial charge in [-0.1, -0.05) is 129 Å². The molecule has 1 nitrogen and oxygen atoms in total. The van der Waals surface area contributed by atoms with Gasteiger partial charge in [-0.05, 0) is 66.5 Å². The Morgan fingerprint density at radius 3 is 1.92 bits per heavy atom. The summed E-state index contributed by atoms with van der Waals surface area (Å²) < 4.78 is 6.36. The molecule has 0 aliphatic heterocycles. The minimum atomic E-state index is -0.508. The van der Waals surface area contributed by atoms with Gasteiger partial charge < -0.3 is 4.74 Å². The Balaban J connectivity index is 1.47. The summed E-state index contributed by atoms with van der Waals surface area (Å²) in [4.78, 5) is 0. The highest BCUT2D eigenvalue weighted by Crippen LogP contribution is 2.38. The van der Waals surface area contributed by atoms with Crippen molar-refractivity contribution in [2.24, 2.45) is 0 Å². The van der Waals surface area contributed by atoms with Crippen molar-refractivity contribution in [3.8, 4) is 5.75 Å². The largest absolute Gasteiger partial charge is 0.488 e. The topological polar surface area (TPSA) is 9.23 Å². The summed E-state index contributed by atoms with van der Waals surface area (Å²) in [6, 6.07) is 45.8. The Kier molecular flexibility index (Phi) is 8.47. The molecule has 0 heterocycles. The van der Waals surface area contributed by atoms with Gasteiger partial charge in [0.2, 0.25) is 0 Å². The van der Waals surface area contributed by atoms with Crippen LogP contribution in [0.2, 0.25) is 0 Å². The van der Waals surface area contributed by atoms with Gasteiger partial charge in [-0.15, -0.1) is 0 Å². The van der Waals surface area contributed by atoms with Crippen molar-refractivity contribution in [2.45, 2.75) is 26.6 Å². The molecule has 184 valence electrons. The first-order valence-electron chi connectivity index (χ1n) is 12.7. The fourth-order valence-corrected chi connectivity index (χ4v) is 8.44. The molecule has 0 radical (unpaired) electrons. The molecule has 1 atom stereocenters. The molecule has 5 aromatic carbocycles. The molecule has 3 heteroatoms. The van der Waals surface area contributed by atoms with Crippen molar-refractivity contribution in [1.29, 1.82) is 0 Å². The van der Waals surface area contributed by atoms with Crippen LogP contribution in [0.3, 0.4) is 0 Å². The lowest BCUT2D eigenvalue weighted by Crippen LogP contribution is -2.18. The Bertz CT molecular complexity index is 1390. The SMILES string of the molecule is Cc1ccc(OCc2ccccc2)c(Pc2c(C)cccc2CP(c2ccccc2)c2ccccc2)c1. The van der Waals surface area contributed by atoms with E-state index in [2.05, 4.69) is 135 Å². The zero-order chi connectivity index (χ0) is 25.5. The summed E-state index contributed by atoms with van der Waals surface area (Å²) >= 11 is 0. The van der Waals surface area contributed by atoms with Crippen molar-refractivity contribution in [3.63, 3.8) is 0 Å². The van der Waals surface area contributed by atoms with Crippen LogP contribution in [0.25, 0.3) is 0 Å². The van der Waals surface area contributed by atoms with Gasteiger partial charge >= 0.3 is 0 Å². The van der Waals surface area contributed by atoms with Crippen molar-refractivity contribution < 1.29 is 4.74 Å². The minimum Gasteiger partial charge on any atom is -0.488 e. The molecule has 0 aliphatic carbocycles. The first-order valence-corrected chi connectivity index (χ1v) is 15.2. The highest BCUT2D eigenvalue weighted by atomic mass is 31.1. The molecule has 1 unspecified atom stereocenters. The van der Waals surface area contributed by atoms with Crippen molar-refractivity contribution in [1.82, 2.24) is 0 Å². The zero-order valence-corrected chi connectivity index (χ0v) is 23.3. The first kappa shape index (κ1) is 25.4. The summed E-state index contributed by atoms with van der Waals surface area (Å²) in [5.41, 5.74) is 5.24. The maximum Gasteiger partial charge on any atom is 0.127 e. The maximum absolute atomic E-state index is 6.36. The second kappa shape index (κ2) is 12.3. The van der Waals surface area contributed by atoms with Gasteiger partial charge in [0.1, 0.15) is 12.4 Å².